The fraction of sp³-hybridized carbons (Fsp3) is 0.0526. The highest BCUT2D eigenvalue weighted by molar-refractivity contribution is 6.08. The third-order valence-corrected chi connectivity index (χ3v) is 4.06. The Hall–Kier alpha value is -3.41. The van der Waals surface area contributed by atoms with Crippen molar-refractivity contribution in [1.29, 1.82) is 0 Å². The van der Waals surface area contributed by atoms with Crippen LogP contribution in [0.1, 0.15) is 10.5 Å². The van der Waals surface area contributed by atoms with Crippen molar-refractivity contribution >= 4 is 22.5 Å². The summed E-state index contributed by atoms with van der Waals surface area (Å²) >= 11 is 0. The van der Waals surface area contributed by atoms with E-state index in [1.54, 1.807) is 18.2 Å². The van der Waals surface area contributed by atoms with Crippen LogP contribution in [0.2, 0.25) is 0 Å². The van der Waals surface area contributed by atoms with Crippen molar-refractivity contribution in [2.45, 2.75) is 0 Å². The minimum absolute atomic E-state index is 0.0891. The monoisotopic (exact) mass is 335 g/mol. The van der Waals surface area contributed by atoms with Crippen LogP contribution in [0.25, 0.3) is 22.2 Å². The van der Waals surface area contributed by atoms with Gasteiger partial charge in [0.15, 0.2) is 11.5 Å². The number of aryl methyl sites for hydroxylation is 1. The van der Waals surface area contributed by atoms with E-state index in [0.717, 1.165) is 10.9 Å². The van der Waals surface area contributed by atoms with Crippen LogP contribution in [0.5, 0.6) is 0 Å². The number of nitrogens with zero attached hydrogens (tertiary/aromatic N) is 2. The van der Waals surface area contributed by atoms with Gasteiger partial charge in [-0.25, -0.2) is 4.39 Å². The number of anilines is 1. The second kappa shape index (κ2) is 5.90. The molecule has 1 N–H and O–H groups in total. The standard InChI is InChI=1S/C19H14FN3O2/c1-23-10-9-13-15(7-4-8-17(13)23)21-19(24)16-11-18(25-22-16)12-5-2-3-6-14(12)20/h2-11H,1H3,(H,21,24). The van der Waals surface area contributed by atoms with Gasteiger partial charge in [0.2, 0.25) is 0 Å². The molecule has 0 radical (unpaired) electrons. The lowest BCUT2D eigenvalue weighted by molar-refractivity contribution is 0.101. The SMILES string of the molecule is Cn1ccc2c(NC(=O)c3cc(-c4ccccc4F)on3)cccc21. The highest BCUT2D eigenvalue weighted by Crippen LogP contribution is 2.26. The average molecular weight is 335 g/mol. The summed E-state index contributed by atoms with van der Waals surface area (Å²) in [7, 11) is 1.94. The van der Waals surface area contributed by atoms with Crippen molar-refractivity contribution in [3.63, 3.8) is 0 Å². The van der Waals surface area contributed by atoms with Crippen molar-refractivity contribution in [2.75, 3.05) is 5.32 Å². The summed E-state index contributed by atoms with van der Waals surface area (Å²) in [6, 6.07) is 15.2. The van der Waals surface area contributed by atoms with Crippen molar-refractivity contribution in [1.82, 2.24) is 9.72 Å². The molecule has 0 atom stereocenters. The molecule has 1 amide bonds. The summed E-state index contributed by atoms with van der Waals surface area (Å²) in [6.45, 7) is 0. The molecular formula is C19H14FN3O2. The van der Waals surface area contributed by atoms with Crippen LogP contribution in [0.15, 0.2) is 65.3 Å². The van der Waals surface area contributed by atoms with Gasteiger partial charge in [0.1, 0.15) is 5.82 Å². The maximum Gasteiger partial charge on any atom is 0.277 e. The minimum Gasteiger partial charge on any atom is -0.355 e. The van der Waals surface area contributed by atoms with Crippen LogP contribution in [0, 0.1) is 5.82 Å². The first-order valence-corrected chi connectivity index (χ1v) is 7.70. The third-order valence-electron chi connectivity index (χ3n) is 4.06. The predicted octanol–water partition coefficient (Wildman–Crippen LogP) is 4.22. The lowest BCUT2D eigenvalue weighted by atomic mass is 10.1. The fourth-order valence-corrected chi connectivity index (χ4v) is 2.77. The zero-order chi connectivity index (χ0) is 17.4. The summed E-state index contributed by atoms with van der Waals surface area (Å²) in [6.07, 6.45) is 1.92. The van der Waals surface area contributed by atoms with Gasteiger partial charge in [-0.05, 0) is 30.3 Å². The van der Waals surface area contributed by atoms with E-state index in [4.69, 9.17) is 4.52 Å². The number of fused-ring (bicyclic) bond motifs is 1. The Morgan fingerprint density at radius 2 is 2.00 bits per heavy atom. The molecule has 0 saturated carbocycles. The number of aromatic nitrogens is 2. The molecule has 0 aliphatic heterocycles. The molecular weight excluding hydrogens is 321 g/mol. The highest BCUT2D eigenvalue weighted by atomic mass is 19.1. The van der Waals surface area contributed by atoms with E-state index in [9.17, 15) is 9.18 Å². The molecule has 0 aliphatic rings. The topological polar surface area (TPSA) is 60.1 Å². The van der Waals surface area contributed by atoms with E-state index in [0.29, 0.717) is 5.69 Å². The van der Waals surface area contributed by atoms with Gasteiger partial charge in [0, 0.05) is 30.2 Å². The lowest BCUT2D eigenvalue weighted by Gasteiger charge is -2.05. The van der Waals surface area contributed by atoms with Crippen LogP contribution in [0.3, 0.4) is 0 Å². The Bertz CT molecular complexity index is 1080. The first kappa shape index (κ1) is 15.1. The van der Waals surface area contributed by atoms with E-state index in [1.807, 2.05) is 42.1 Å². The molecule has 0 saturated heterocycles. The van der Waals surface area contributed by atoms with E-state index >= 15 is 0 Å². The molecule has 4 rings (SSSR count). The zero-order valence-electron chi connectivity index (χ0n) is 13.4. The number of rotatable bonds is 3. The molecule has 0 spiro atoms. The molecule has 2 aromatic heterocycles. The van der Waals surface area contributed by atoms with Crippen molar-refractivity contribution in [3.05, 3.63) is 72.3 Å². The maximum absolute atomic E-state index is 13.8. The second-order valence-electron chi connectivity index (χ2n) is 5.68. The maximum atomic E-state index is 13.8. The molecule has 2 heterocycles. The average Bonchev–Trinajstić information content (AvgIpc) is 3.24. The van der Waals surface area contributed by atoms with Gasteiger partial charge >= 0.3 is 0 Å². The first-order valence-electron chi connectivity index (χ1n) is 7.70. The van der Waals surface area contributed by atoms with Gasteiger partial charge in [-0.2, -0.15) is 0 Å². The summed E-state index contributed by atoms with van der Waals surface area (Å²) in [5.41, 5.74) is 2.04. The number of amides is 1. The van der Waals surface area contributed by atoms with Crippen LogP contribution in [0.4, 0.5) is 10.1 Å². The van der Waals surface area contributed by atoms with Crippen LogP contribution in [-0.2, 0) is 7.05 Å². The van der Waals surface area contributed by atoms with Crippen LogP contribution in [-0.4, -0.2) is 15.6 Å². The summed E-state index contributed by atoms with van der Waals surface area (Å²) < 4.78 is 20.9. The molecule has 0 bridgehead atoms. The summed E-state index contributed by atoms with van der Waals surface area (Å²) in [5, 5.41) is 7.51. The molecule has 0 aliphatic carbocycles. The second-order valence-corrected chi connectivity index (χ2v) is 5.68. The number of nitrogens with one attached hydrogen (secondary N) is 1. The zero-order valence-corrected chi connectivity index (χ0v) is 13.4. The number of benzene rings is 2. The summed E-state index contributed by atoms with van der Waals surface area (Å²) in [5.74, 6) is -0.636. The Morgan fingerprint density at radius 3 is 2.84 bits per heavy atom. The normalized spacial score (nSPS) is 11.0. The smallest absolute Gasteiger partial charge is 0.277 e. The van der Waals surface area contributed by atoms with Gasteiger partial charge in [-0.3, -0.25) is 4.79 Å². The van der Waals surface area contributed by atoms with Gasteiger partial charge in [0.05, 0.1) is 11.3 Å². The molecule has 4 aromatic rings. The summed E-state index contributed by atoms with van der Waals surface area (Å²) in [4.78, 5) is 12.5. The number of hydrogen-bond acceptors (Lipinski definition) is 3. The first-order chi connectivity index (χ1) is 12.1. The van der Waals surface area contributed by atoms with E-state index in [-0.39, 0.29) is 17.0 Å². The van der Waals surface area contributed by atoms with Crippen molar-refractivity contribution < 1.29 is 13.7 Å². The van der Waals surface area contributed by atoms with Crippen molar-refractivity contribution in [3.8, 4) is 11.3 Å². The number of carbonyl (C=O) groups excluding carboxylic acids is 1. The lowest BCUT2D eigenvalue weighted by Crippen LogP contribution is -2.12. The van der Waals surface area contributed by atoms with Crippen LogP contribution < -0.4 is 5.32 Å². The largest absolute Gasteiger partial charge is 0.355 e. The van der Waals surface area contributed by atoms with Crippen LogP contribution >= 0.6 is 0 Å². The van der Waals surface area contributed by atoms with E-state index in [1.165, 1.54) is 12.1 Å². The quantitative estimate of drug-likeness (QED) is 0.610. The molecule has 2 aromatic carbocycles. The van der Waals surface area contributed by atoms with E-state index < -0.39 is 11.7 Å². The number of halogens is 1. The Morgan fingerprint density at radius 1 is 1.16 bits per heavy atom. The predicted molar refractivity (Wildman–Crippen MR) is 92.8 cm³/mol. The Kier molecular flexibility index (Phi) is 3.57. The van der Waals surface area contributed by atoms with Gasteiger partial charge in [0.25, 0.3) is 5.91 Å². The van der Waals surface area contributed by atoms with Crippen molar-refractivity contribution in [2.24, 2.45) is 7.05 Å². The fourth-order valence-electron chi connectivity index (χ4n) is 2.77. The van der Waals surface area contributed by atoms with Gasteiger partial charge in [-0.15, -0.1) is 0 Å². The molecule has 25 heavy (non-hydrogen) atoms. The minimum atomic E-state index is -0.431. The Labute approximate surface area is 142 Å². The van der Waals surface area contributed by atoms with Gasteiger partial charge < -0.3 is 14.4 Å². The molecule has 0 fully saturated rings. The van der Waals surface area contributed by atoms with E-state index in [2.05, 4.69) is 10.5 Å². The molecule has 0 unspecified atom stereocenters. The third kappa shape index (κ3) is 2.67. The molecule has 124 valence electrons. The molecule has 6 heteroatoms. The number of carbonyl (C=O) groups is 1. The molecule has 5 nitrogen and oxygen atoms in total. The number of hydrogen-bond donors (Lipinski definition) is 1. The Balaban J connectivity index is 1.63. The highest BCUT2D eigenvalue weighted by Gasteiger charge is 2.17. The van der Waals surface area contributed by atoms with Gasteiger partial charge in [-0.1, -0.05) is 23.4 Å².